The molecule has 1 N–H and O–H groups in total. The molecule has 178 valence electrons. The van der Waals surface area contributed by atoms with Crippen LogP contribution in [0.5, 0.6) is 5.75 Å². The highest BCUT2D eigenvalue weighted by Gasteiger charge is 2.30. The zero-order valence-electron chi connectivity index (χ0n) is 18.5. The number of hydrogen-bond acceptors (Lipinski definition) is 7. The van der Waals surface area contributed by atoms with Crippen molar-refractivity contribution in [3.05, 3.63) is 59.7 Å². The van der Waals surface area contributed by atoms with Crippen LogP contribution in [-0.2, 0) is 30.7 Å². The molecular weight excluding hydrogens is 448 g/mol. The van der Waals surface area contributed by atoms with Crippen molar-refractivity contribution in [2.75, 3.05) is 46.6 Å². The van der Waals surface area contributed by atoms with E-state index in [0.717, 1.165) is 12.8 Å². The van der Waals surface area contributed by atoms with Crippen LogP contribution in [0.1, 0.15) is 22.3 Å². The van der Waals surface area contributed by atoms with E-state index in [1.807, 2.05) is 30.3 Å². The first kappa shape index (κ1) is 24.7. The molecule has 0 atom stereocenters. The standard InChI is InChI=1S/C23H28N2O7S/c1-30-20-10-9-19(16-21(20)33(28,29)25-12-14-31-15-13-25)23(27)32-17-22(26)24-11-5-8-18-6-3-2-4-7-18/h2-4,6-7,9-10,16H,5,8,11-15,17H2,1H3,(H,24,26). The molecule has 2 aromatic rings. The number of morpholine rings is 1. The van der Waals surface area contributed by atoms with Gasteiger partial charge in [0.2, 0.25) is 10.0 Å². The summed E-state index contributed by atoms with van der Waals surface area (Å²) < 4.78 is 42.8. The second kappa shape index (κ2) is 11.8. The van der Waals surface area contributed by atoms with Crippen molar-refractivity contribution in [3.8, 4) is 5.75 Å². The third kappa shape index (κ3) is 6.77. The largest absolute Gasteiger partial charge is 0.495 e. The number of amides is 1. The number of benzene rings is 2. The van der Waals surface area contributed by atoms with Gasteiger partial charge in [-0.25, -0.2) is 13.2 Å². The Hall–Kier alpha value is -2.95. The summed E-state index contributed by atoms with van der Waals surface area (Å²) >= 11 is 0. The molecule has 0 bridgehead atoms. The van der Waals surface area contributed by atoms with Crippen LogP contribution in [-0.4, -0.2) is 71.2 Å². The highest BCUT2D eigenvalue weighted by molar-refractivity contribution is 7.89. The molecule has 33 heavy (non-hydrogen) atoms. The van der Waals surface area contributed by atoms with Gasteiger partial charge >= 0.3 is 5.97 Å². The highest BCUT2D eigenvalue weighted by atomic mass is 32.2. The van der Waals surface area contributed by atoms with E-state index in [1.54, 1.807) is 0 Å². The molecular formula is C23H28N2O7S. The van der Waals surface area contributed by atoms with Crippen molar-refractivity contribution in [1.82, 2.24) is 9.62 Å². The van der Waals surface area contributed by atoms with E-state index in [-0.39, 0.29) is 29.3 Å². The molecule has 9 nitrogen and oxygen atoms in total. The monoisotopic (exact) mass is 476 g/mol. The molecule has 0 saturated carbocycles. The Kier molecular flexibility index (Phi) is 8.81. The summed E-state index contributed by atoms with van der Waals surface area (Å²) in [7, 11) is -2.53. The summed E-state index contributed by atoms with van der Waals surface area (Å²) in [6.45, 7) is 1.01. The van der Waals surface area contributed by atoms with Crippen LogP contribution in [0.15, 0.2) is 53.4 Å². The van der Waals surface area contributed by atoms with Gasteiger partial charge in [0.15, 0.2) is 6.61 Å². The Labute approximate surface area is 193 Å². The molecule has 1 fully saturated rings. The highest BCUT2D eigenvalue weighted by Crippen LogP contribution is 2.28. The Balaban J connectivity index is 1.55. The Morgan fingerprint density at radius 3 is 2.52 bits per heavy atom. The van der Waals surface area contributed by atoms with Crippen LogP contribution >= 0.6 is 0 Å². The first-order chi connectivity index (χ1) is 15.9. The Morgan fingerprint density at radius 2 is 1.82 bits per heavy atom. The van der Waals surface area contributed by atoms with Gasteiger partial charge in [0.1, 0.15) is 10.6 Å². The van der Waals surface area contributed by atoms with E-state index in [2.05, 4.69) is 5.32 Å². The topological polar surface area (TPSA) is 111 Å². The molecule has 0 aromatic heterocycles. The molecule has 3 rings (SSSR count). The van der Waals surface area contributed by atoms with Crippen LogP contribution < -0.4 is 10.1 Å². The maximum absolute atomic E-state index is 13.0. The Morgan fingerprint density at radius 1 is 1.09 bits per heavy atom. The molecule has 2 aromatic carbocycles. The van der Waals surface area contributed by atoms with E-state index in [4.69, 9.17) is 14.2 Å². The maximum atomic E-state index is 13.0. The minimum absolute atomic E-state index is 0.0134. The number of methoxy groups -OCH3 is 1. The van der Waals surface area contributed by atoms with Crippen LogP contribution in [0.25, 0.3) is 0 Å². The van der Waals surface area contributed by atoms with Gasteiger partial charge in [-0.05, 0) is 36.6 Å². The molecule has 0 radical (unpaired) electrons. The van der Waals surface area contributed by atoms with Crippen molar-refractivity contribution in [2.45, 2.75) is 17.7 Å². The number of sulfonamides is 1. The average molecular weight is 477 g/mol. The summed E-state index contributed by atoms with van der Waals surface area (Å²) in [5.41, 5.74) is 1.19. The number of aryl methyl sites for hydroxylation is 1. The van der Waals surface area contributed by atoms with Gasteiger partial charge in [0.05, 0.1) is 25.9 Å². The number of nitrogens with one attached hydrogen (secondary N) is 1. The Bertz CT molecular complexity index is 1050. The van der Waals surface area contributed by atoms with E-state index in [0.29, 0.717) is 19.8 Å². The fourth-order valence-electron chi connectivity index (χ4n) is 3.36. The fourth-order valence-corrected chi connectivity index (χ4v) is 4.95. The van der Waals surface area contributed by atoms with Crippen molar-refractivity contribution in [3.63, 3.8) is 0 Å². The van der Waals surface area contributed by atoms with E-state index in [1.165, 1.54) is 35.2 Å². The zero-order valence-corrected chi connectivity index (χ0v) is 19.3. The van der Waals surface area contributed by atoms with Crippen LogP contribution in [0.2, 0.25) is 0 Å². The van der Waals surface area contributed by atoms with Crippen LogP contribution in [0.4, 0.5) is 0 Å². The quantitative estimate of drug-likeness (QED) is 0.410. The summed E-state index contributed by atoms with van der Waals surface area (Å²) in [6.07, 6.45) is 1.58. The molecule has 1 aliphatic heterocycles. The number of esters is 1. The minimum Gasteiger partial charge on any atom is -0.495 e. The fraction of sp³-hybridized carbons (Fsp3) is 0.391. The lowest BCUT2D eigenvalue weighted by atomic mass is 10.1. The lowest BCUT2D eigenvalue weighted by molar-refractivity contribution is -0.124. The van der Waals surface area contributed by atoms with E-state index in [9.17, 15) is 18.0 Å². The van der Waals surface area contributed by atoms with Gasteiger partial charge in [-0.1, -0.05) is 30.3 Å². The number of ether oxygens (including phenoxy) is 3. The van der Waals surface area contributed by atoms with Gasteiger partial charge < -0.3 is 19.5 Å². The predicted octanol–water partition coefficient (Wildman–Crippen LogP) is 1.62. The van der Waals surface area contributed by atoms with Gasteiger partial charge in [-0.2, -0.15) is 4.31 Å². The third-order valence-electron chi connectivity index (χ3n) is 5.13. The molecule has 10 heteroatoms. The lowest BCUT2D eigenvalue weighted by Crippen LogP contribution is -2.40. The van der Waals surface area contributed by atoms with Crippen molar-refractivity contribution in [1.29, 1.82) is 0 Å². The molecule has 1 aliphatic rings. The third-order valence-corrected chi connectivity index (χ3v) is 7.05. The van der Waals surface area contributed by atoms with Gasteiger partial charge in [0.25, 0.3) is 5.91 Å². The van der Waals surface area contributed by atoms with Crippen LogP contribution in [0, 0.1) is 0 Å². The molecule has 0 aliphatic carbocycles. The first-order valence-corrected chi connectivity index (χ1v) is 12.1. The summed E-state index contributed by atoms with van der Waals surface area (Å²) in [5, 5.41) is 2.71. The predicted molar refractivity (Wildman–Crippen MR) is 121 cm³/mol. The van der Waals surface area contributed by atoms with Gasteiger partial charge in [0, 0.05) is 19.6 Å². The maximum Gasteiger partial charge on any atom is 0.338 e. The lowest BCUT2D eigenvalue weighted by Gasteiger charge is -2.26. The number of carbonyl (C=O) groups is 2. The zero-order chi connectivity index (χ0) is 23.7. The molecule has 0 spiro atoms. The van der Waals surface area contributed by atoms with E-state index >= 15 is 0 Å². The molecule has 0 unspecified atom stereocenters. The molecule has 1 heterocycles. The number of hydrogen-bond donors (Lipinski definition) is 1. The number of nitrogens with zero attached hydrogens (tertiary/aromatic N) is 1. The van der Waals surface area contributed by atoms with Crippen molar-refractivity contribution >= 4 is 21.9 Å². The van der Waals surface area contributed by atoms with Crippen molar-refractivity contribution in [2.24, 2.45) is 0 Å². The smallest absolute Gasteiger partial charge is 0.338 e. The SMILES string of the molecule is COc1ccc(C(=O)OCC(=O)NCCCc2ccccc2)cc1S(=O)(=O)N1CCOCC1. The van der Waals surface area contributed by atoms with E-state index < -0.39 is 28.5 Å². The minimum atomic E-state index is -3.89. The average Bonchev–Trinajstić information content (AvgIpc) is 2.86. The van der Waals surface area contributed by atoms with Gasteiger partial charge in [-0.15, -0.1) is 0 Å². The first-order valence-electron chi connectivity index (χ1n) is 10.7. The second-order valence-corrected chi connectivity index (χ2v) is 9.30. The second-order valence-electron chi connectivity index (χ2n) is 7.40. The molecule has 1 amide bonds. The van der Waals surface area contributed by atoms with Crippen molar-refractivity contribution < 1.29 is 32.2 Å². The van der Waals surface area contributed by atoms with Gasteiger partial charge in [-0.3, -0.25) is 4.79 Å². The number of carbonyl (C=O) groups excluding carboxylic acids is 2. The summed E-state index contributed by atoms with van der Waals surface area (Å²) in [6, 6.07) is 13.9. The number of rotatable bonds is 10. The summed E-state index contributed by atoms with van der Waals surface area (Å²) in [4.78, 5) is 24.3. The summed E-state index contributed by atoms with van der Waals surface area (Å²) in [5.74, 6) is -1.10. The normalized spacial score (nSPS) is 14.5. The van der Waals surface area contributed by atoms with Crippen LogP contribution in [0.3, 0.4) is 0 Å². The molecule has 1 saturated heterocycles.